The van der Waals surface area contributed by atoms with E-state index in [0.717, 1.165) is 6.54 Å². The molecule has 2 nitrogen and oxygen atoms in total. The molecule has 22 heavy (non-hydrogen) atoms. The maximum absolute atomic E-state index is 3.95. The SMILES string of the molecule is C=CCN(C(c1c(C)cc(C)cc1C)=[N+](C)C(C)C)C(C)C. The third-order valence-corrected chi connectivity index (χ3v) is 4.23. The predicted molar refractivity (Wildman–Crippen MR) is 98.1 cm³/mol. The fourth-order valence-corrected chi connectivity index (χ4v) is 2.98. The molecule has 0 aliphatic heterocycles. The highest BCUT2D eigenvalue weighted by Crippen LogP contribution is 2.21. The predicted octanol–water partition coefficient (Wildman–Crippen LogP) is 4.31. The van der Waals surface area contributed by atoms with Crippen molar-refractivity contribution in [1.82, 2.24) is 4.90 Å². The molecule has 0 amide bonds. The maximum Gasteiger partial charge on any atom is 0.280 e. The zero-order chi connectivity index (χ0) is 17.0. The van der Waals surface area contributed by atoms with Crippen LogP contribution in [0.1, 0.15) is 49.9 Å². The summed E-state index contributed by atoms with van der Waals surface area (Å²) in [7, 11) is 2.19. The first-order valence-corrected chi connectivity index (χ1v) is 8.26. The lowest BCUT2D eigenvalue weighted by atomic mass is 9.97. The van der Waals surface area contributed by atoms with Gasteiger partial charge in [-0.15, -0.1) is 0 Å². The van der Waals surface area contributed by atoms with Gasteiger partial charge in [0.1, 0.15) is 6.54 Å². The minimum atomic E-state index is 0.425. The first-order chi connectivity index (χ1) is 10.2. The number of rotatable bonds is 5. The molecular weight excluding hydrogens is 268 g/mol. The second-order valence-electron chi connectivity index (χ2n) is 6.84. The number of hydrogen-bond donors (Lipinski definition) is 0. The fraction of sp³-hybridized carbons (Fsp3) is 0.550. The van der Waals surface area contributed by atoms with E-state index in [1.165, 1.54) is 28.1 Å². The molecule has 0 aliphatic rings. The summed E-state index contributed by atoms with van der Waals surface area (Å²) < 4.78 is 2.38. The summed E-state index contributed by atoms with van der Waals surface area (Å²) in [5.41, 5.74) is 5.37. The summed E-state index contributed by atoms with van der Waals surface area (Å²) in [5, 5.41) is 0. The Morgan fingerprint density at radius 1 is 1.14 bits per heavy atom. The fourth-order valence-electron chi connectivity index (χ4n) is 2.98. The van der Waals surface area contributed by atoms with Crippen molar-refractivity contribution in [2.24, 2.45) is 0 Å². The summed E-state index contributed by atoms with van der Waals surface area (Å²) in [6.07, 6.45) is 1.99. The summed E-state index contributed by atoms with van der Waals surface area (Å²) in [6.45, 7) is 20.4. The van der Waals surface area contributed by atoms with Gasteiger partial charge in [-0.2, -0.15) is 0 Å². The van der Waals surface area contributed by atoms with E-state index in [9.17, 15) is 0 Å². The van der Waals surface area contributed by atoms with Crippen LogP contribution in [-0.2, 0) is 0 Å². The van der Waals surface area contributed by atoms with Gasteiger partial charge in [-0.1, -0.05) is 30.4 Å². The van der Waals surface area contributed by atoms with Crippen molar-refractivity contribution in [3.8, 4) is 0 Å². The number of hydrogen-bond acceptors (Lipinski definition) is 0. The largest absolute Gasteiger partial charge is 0.280 e. The Bertz CT molecular complexity index is 542. The van der Waals surface area contributed by atoms with Gasteiger partial charge >= 0.3 is 0 Å². The van der Waals surface area contributed by atoms with Gasteiger partial charge in [-0.05, 0) is 59.6 Å². The van der Waals surface area contributed by atoms with Gasteiger partial charge in [0.05, 0.1) is 24.7 Å². The van der Waals surface area contributed by atoms with Crippen LogP contribution in [0.3, 0.4) is 0 Å². The molecule has 122 valence electrons. The average molecular weight is 301 g/mol. The second kappa shape index (κ2) is 7.62. The molecule has 0 fully saturated rings. The van der Waals surface area contributed by atoms with Crippen molar-refractivity contribution in [3.05, 3.63) is 47.0 Å². The zero-order valence-electron chi connectivity index (χ0n) is 15.7. The Morgan fingerprint density at radius 2 is 1.64 bits per heavy atom. The number of benzene rings is 1. The van der Waals surface area contributed by atoms with Crippen molar-refractivity contribution < 1.29 is 4.58 Å². The van der Waals surface area contributed by atoms with E-state index in [4.69, 9.17) is 0 Å². The average Bonchev–Trinajstić information content (AvgIpc) is 2.39. The molecule has 0 unspecified atom stereocenters. The van der Waals surface area contributed by atoms with E-state index in [1.807, 2.05) is 6.08 Å². The van der Waals surface area contributed by atoms with Gasteiger partial charge in [0.15, 0.2) is 0 Å². The lowest BCUT2D eigenvalue weighted by molar-refractivity contribution is -0.534. The third-order valence-electron chi connectivity index (χ3n) is 4.23. The summed E-state index contributed by atoms with van der Waals surface area (Å²) in [6, 6.07) is 5.43. The van der Waals surface area contributed by atoms with Crippen LogP contribution in [0.5, 0.6) is 0 Å². The quantitative estimate of drug-likeness (QED) is 0.340. The molecule has 0 radical (unpaired) electrons. The highest BCUT2D eigenvalue weighted by Gasteiger charge is 2.29. The number of nitrogens with zero attached hydrogens (tertiary/aromatic N) is 2. The van der Waals surface area contributed by atoms with Crippen LogP contribution in [0.2, 0.25) is 0 Å². The molecule has 0 atom stereocenters. The Balaban J connectivity index is 3.67. The van der Waals surface area contributed by atoms with Gasteiger partial charge in [-0.25, -0.2) is 0 Å². The van der Waals surface area contributed by atoms with Gasteiger partial charge in [-0.3, -0.25) is 9.48 Å². The zero-order valence-corrected chi connectivity index (χ0v) is 15.7. The van der Waals surface area contributed by atoms with Crippen LogP contribution in [-0.4, -0.2) is 41.0 Å². The van der Waals surface area contributed by atoms with E-state index < -0.39 is 0 Å². The molecule has 2 heteroatoms. The molecule has 0 heterocycles. The molecule has 0 saturated carbocycles. The van der Waals surface area contributed by atoms with E-state index >= 15 is 0 Å². The molecule has 0 aromatic heterocycles. The van der Waals surface area contributed by atoms with Crippen molar-refractivity contribution in [2.75, 3.05) is 13.6 Å². The summed E-state index contributed by atoms with van der Waals surface area (Å²) in [4.78, 5) is 2.44. The minimum Gasteiger partial charge on any atom is -0.262 e. The van der Waals surface area contributed by atoms with Crippen LogP contribution in [0.25, 0.3) is 0 Å². The monoisotopic (exact) mass is 301 g/mol. The topological polar surface area (TPSA) is 6.25 Å². The molecule has 0 spiro atoms. The Hall–Kier alpha value is -1.57. The van der Waals surface area contributed by atoms with E-state index in [1.54, 1.807) is 0 Å². The Morgan fingerprint density at radius 3 is 2.00 bits per heavy atom. The van der Waals surface area contributed by atoms with Crippen molar-refractivity contribution in [3.63, 3.8) is 0 Å². The first kappa shape index (κ1) is 18.5. The van der Waals surface area contributed by atoms with E-state index in [0.29, 0.717) is 12.1 Å². The van der Waals surface area contributed by atoms with Gasteiger partial charge in [0.25, 0.3) is 5.84 Å². The van der Waals surface area contributed by atoms with Crippen LogP contribution in [0.15, 0.2) is 24.8 Å². The van der Waals surface area contributed by atoms with Gasteiger partial charge < -0.3 is 0 Å². The van der Waals surface area contributed by atoms with Gasteiger partial charge in [0.2, 0.25) is 0 Å². The van der Waals surface area contributed by atoms with Crippen LogP contribution >= 0.6 is 0 Å². The molecule has 0 saturated heterocycles. The highest BCUT2D eigenvalue weighted by molar-refractivity contribution is 5.98. The lowest BCUT2D eigenvalue weighted by Crippen LogP contribution is -2.44. The van der Waals surface area contributed by atoms with Crippen molar-refractivity contribution >= 4 is 5.84 Å². The second-order valence-corrected chi connectivity index (χ2v) is 6.84. The van der Waals surface area contributed by atoms with Crippen molar-refractivity contribution in [2.45, 2.75) is 60.5 Å². The maximum atomic E-state index is 3.95. The Labute approximate surface area is 137 Å². The molecule has 0 aliphatic carbocycles. The molecule has 1 aromatic rings. The van der Waals surface area contributed by atoms with Crippen LogP contribution in [0, 0.1) is 20.8 Å². The minimum absolute atomic E-state index is 0.425. The third kappa shape index (κ3) is 4.00. The summed E-state index contributed by atoms with van der Waals surface area (Å²) in [5.74, 6) is 1.31. The highest BCUT2D eigenvalue weighted by atomic mass is 15.3. The Kier molecular flexibility index (Phi) is 6.40. The molecule has 0 bridgehead atoms. The molecule has 0 N–H and O–H groups in total. The number of aryl methyl sites for hydroxylation is 3. The first-order valence-electron chi connectivity index (χ1n) is 8.26. The number of amidine groups is 1. The summed E-state index contributed by atoms with van der Waals surface area (Å²) >= 11 is 0. The molecule has 1 aromatic carbocycles. The standard InChI is InChI=1S/C20H33N2/c1-10-11-22(15(4)5)20(21(9)14(2)3)19-17(7)12-16(6)13-18(19)8/h10,12-15H,1,11H2,2-9H3/q+1. The van der Waals surface area contributed by atoms with Gasteiger partial charge in [0, 0.05) is 0 Å². The lowest BCUT2D eigenvalue weighted by Gasteiger charge is -2.27. The normalized spacial score (nSPS) is 12.6. The molecule has 1 rings (SSSR count). The van der Waals surface area contributed by atoms with E-state index in [-0.39, 0.29) is 0 Å². The van der Waals surface area contributed by atoms with Crippen molar-refractivity contribution in [1.29, 1.82) is 0 Å². The molecular formula is C20H33N2+. The van der Waals surface area contributed by atoms with Crippen LogP contribution in [0.4, 0.5) is 0 Å². The van der Waals surface area contributed by atoms with E-state index in [2.05, 4.69) is 83.7 Å². The van der Waals surface area contributed by atoms with Crippen LogP contribution < -0.4 is 0 Å². The smallest absolute Gasteiger partial charge is 0.262 e.